The second-order valence-corrected chi connectivity index (χ2v) is 6.28. The third-order valence-electron chi connectivity index (χ3n) is 2.59. The Bertz CT molecular complexity index is 245. The summed E-state index contributed by atoms with van der Waals surface area (Å²) in [7, 11) is -3.03. The molecule has 0 aromatic heterocycles. The smallest absolute Gasteiger partial charge is 0.154 e. The molecule has 2 unspecified atom stereocenters. The second kappa shape index (κ2) is 7.19. The molecule has 0 saturated heterocycles. The van der Waals surface area contributed by atoms with E-state index < -0.39 is 9.84 Å². The molecule has 0 aromatic carbocycles. The molecule has 0 bridgehead atoms. The van der Waals surface area contributed by atoms with Gasteiger partial charge in [0.15, 0.2) is 9.84 Å². The number of nitrogens with one attached hydrogen (secondary N) is 1. The molecule has 0 aromatic rings. The summed E-state index contributed by atoms with van der Waals surface area (Å²) in [5, 5.41) is 11.6. The standard InChI is InChI=1S/C10H23NO3S/c1-4-9(3)15(13,14)8-10(6-7-12)11-5-2/h9-12H,4-8H2,1-3H3. The van der Waals surface area contributed by atoms with Crippen molar-refractivity contribution in [2.75, 3.05) is 18.9 Å². The van der Waals surface area contributed by atoms with Crippen molar-refractivity contribution >= 4 is 9.84 Å². The lowest BCUT2D eigenvalue weighted by Gasteiger charge is -2.19. The van der Waals surface area contributed by atoms with Crippen LogP contribution in [0.25, 0.3) is 0 Å². The molecule has 0 spiro atoms. The van der Waals surface area contributed by atoms with Crippen LogP contribution in [0.3, 0.4) is 0 Å². The maximum Gasteiger partial charge on any atom is 0.154 e. The van der Waals surface area contributed by atoms with E-state index in [4.69, 9.17) is 5.11 Å². The number of sulfone groups is 1. The van der Waals surface area contributed by atoms with Crippen molar-refractivity contribution in [1.82, 2.24) is 5.32 Å². The first kappa shape index (κ1) is 14.9. The van der Waals surface area contributed by atoms with E-state index in [-0.39, 0.29) is 23.7 Å². The zero-order valence-corrected chi connectivity index (χ0v) is 10.7. The van der Waals surface area contributed by atoms with Gasteiger partial charge < -0.3 is 10.4 Å². The van der Waals surface area contributed by atoms with E-state index in [1.165, 1.54) is 0 Å². The van der Waals surface area contributed by atoms with Gasteiger partial charge >= 0.3 is 0 Å². The minimum Gasteiger partial charge on any atom is -0.396 e. The fraction of sp³-hybridized carbons (Fsp3) is 1.00. The van der Waals surface area contributed by atoms with E-state index in [0.717, 1.165) is 6.54 Å². The summed E-state index contributed by atoms with van der Waals surface area (Å²) >= 11 is 0. The number of hydrogen-bond acceptors (Lipinski definition) is 4. The van der Waals surface area contributed by atoms with Gasteiger partial charge in [0.25, 0.3) is 0 Å². The zero-order chi connectivity index (χ0) is 11.9. The van der Waals surface area contributed by atoms with Gasteiger partial charge in [-0.25, -0.2) is 8.42 Å². The molecule has 0 fully saturated rings. The van der Waals surface area contributed by atoms with Crippen molar-refractivity contribution in [3.05, 3.63) is 0 Å². The molecule has 5 heteroatoms. The molecular formula is C10H23NO3S. The third kappa shape index (κ3) is 5.49. The molecule has 2 N–H and O–H groups in total. The molecule has 0 rings (SSSR count). The predicted molar refractivity (Wildman–Crippen MR) is 62.7 cm³/mol. The molecule has 0 amide bonds. The lowest BCUT2D eigenvalue weighted by molar-refractivity contribution is 0.270. The highest BCUT2D eigenvalue weighted by Gasteiger charge is 2.23. The topological polar surface area (TPSA) is 66.4 Å². The molecular weight excluding hydrogens is 214 g/mol. The fourth-order valence-corrected chi connectivity index (χ4v) is 3.07. The Labute approximate surface area is 93.0 Å². The van der Waals surface area contributed by atoms with Crippen LogP contribution >= 0.6 is 0 Å². The largest absolute Gasteiger partial charge is 0.396 e. The molecule has 0 heterocycles. The molecule has 0 radical (unpaired) electrons. The first-order valence-electron chi connectivity index (χ1n) is 5.53. The van der Waals surface area contributed by atoms with Gasteiger partial charge in [-0.1, -0.05) is 13.8 Å². The van der Waals surface area contributed by atoms with E-state index in [9.17, 15) is 8.42 Å². The normalized spacial score (nSPS) is 16.3. The molecule has 0 aliphatic heterocycles. The van der Waals surface area contributed by atoms with E-state index in [0.29, 0.717) is 12.8 Å². The van der Waals surface area contributed by atoms with Gasteiger partial charge in [0, 0.05) is 12.6 Å². The number of hydrogen-bond donors (Lipinski definition) is 2. The monoisotopic (exact) mass is 237 g/mol. The molecule has 4 nitrogen and oxygen atoms in total. The van der Waals surface area contributed by atoms with Crippen LogP contribution in [-0.2, 0) is 9.84 Å². The molecule has 0 saturated carbocycles. The average Bonchev–Trinajstić information content (AvgIpc) is 2.16. The summed E-state index contributed by atoms with van der Waals surface area (Å²) in [6.45, 7) is 6.28. The molecule has 2 atom stereocenters. The Kier molecular flexibility index (Phi) is 7.13. The summed E-state index contributed by atoms with van der Waals surface area (Å²) in [5.74, 6) is 0.121. The van der Waals surface area contributed by atoms with Crippen LogP contribution < -0.4 is 5.32 Å². The number of aliphatic hydroxyl groups excluding tert-OH is 1. The van der Waals surface area contributed by atoms with Gasteiger partial charge in [-0.15, -0.1) is 0 Å². The number of rotatable bonds is 8. The van der Waals surface area contributed by atoms with E-state index >= 15 is 0 Å². The van der Waals surface area contributed by atoms with Gasteiger partial charge in [0.2, 0.25) is 0 Å². The minimum absolute atomic E-state index is 0.0215. The first-order chi connectivity index (χ1) is 6.97. The van der Waals surface area contributed by atoms with E-state index in [1.54, 1.807) is 6.92 Å². The summed E-state index contributed by atoms with van der Waals surface area (Å²) in [6.07, 6.45) is 1.13. The Hall–Kier alpha value is -0.130. The highest BCUT2D eigenvalue weighted by Crippen LogP contribution is 2.09. The highest BCUT2D eigenvalue weighted by atomic mass is 32.2. The Morgan fingerprint density at radius 3 is 2.33 bits per heavy atom. The second-order valence-electron chi connectivity index (χ2n) is 3.82. The summed E-state index contributed by atoms with van der Waals surface area (Å²) in [4.78, 5) is 0. The van der Waals surface area contributed by atoms with Crippen LogP contribution in [0.5, 0.6) is 0 Å². The lowest BCUT2D eigenvalue weighted by atomic mass is 10.2. The van der Waals surface area contributed by atoms with Crippen molar-refractivity contribution < 1.29 is 13.5 Å². The van der Waals surface area contributed by atoms with Crippen LogP contribution in [0.1, 0.15) is 33.6 Å². The Morgan fingerprint density at radius 2 is 1.93 bits per heavy atom. The first-order valence-corrected chi connectivity index (χ1v) is 7.25. The minimum atomic E-state index is -3.03. The summed E-state index contributed by atoms with van der Waals surface area (Å²) in [5.41, 5.74) is 0. The van der Waals surface area contributed by atoms with Gasteiger partial charge in [0.05, 0.1) is 11.0 Å². The van der Waals surface area contributed by atoms with Gasteiger partial charge in [0.1, 0.15) is 0 Å². The van der Waals surface area contributed by atoms with Crippen LogP contribution in [0.4, 0.5) is 0 Å². The lowest BCUT2D eigenvalue weighted by Crippen LogP contribution is -2.38. The zero-order valence-electron chi connectivity index (χ0n) is 9.86. The van der Waals surface area contributed by atoms with Crippen molar-refractivity contribution in [3.8, 4) is 0 Å². The van der Waals surface area contributed by atoms with Crippen LogP contribution in [-0.4, -0.2) is 43.7 Å². The van der Waals surface area contributed by atoms with Gasteiger partial charge in [-0.2, -0.15) is 0 Å². The van der Waals surface area contributed by atoms with Crippen LogP contribution in [0.15, 0.2) is 0 Å². The molecule has 0 aliphatic rings. The fourth-order valence-electron chi connectivity index (χ4n) is 1.39. The summed E-state index contributed by atoms with van der Waals surface area (Å²) < 4.78 is 23.6. The predicted octanol–water partition coefficient (Wildman–Crippen LogP) is 0.560. The Morgan fingerprint density at radius 1 is 1.33 bits per heavy atom. The van der Waals surface area contributed by atoms with Crippen molar-refractivity contribution in [3.63, 3.8) is 0 Å². The van der Waals surface area contributed by atoms with Crippen LogP contribution in [0.2, 0.25) is 0 Å². The van der Waals surface area contributed by atoms with E-state index in [2.05, 4.69) is 5.32 Å². The molecule has 0 aliphatic carbocycles. The van der Waals surface area contributed by atoms with Gasteiger partial charge in [-0.3, -0.25) is 0 Å². The third-order valence-corrected chi connectivity index (χ3v) is 5.02. The van der Waals surface area contributed by atoms with Crippen molar-refractivity contribution in [2.24, 2.45) is 0 Å². The van der Waals surface area contributed by atoms with Crippen molar-refractivity contribution in [1.29, 1.82) is 0 Å². The maximum atomic E-state index is 11.8. The number of aliphatic hydroxyl groups is 1. The van der Waals surface area contributed by atoms with Crippen LogP contribution in [0, 0.1) is 0 Å². The highest BCUT2D eigenvalue weighted by molar-refractivity contribution is 7.92. The summed E-state index contributed by atoms with van der Waals surface area (Å²) in [6, 6.07) is -0.126. The SMILES string of the molecule is CCNC(CCO)CS(=O)(=O)C(C)CC. The Balaban J connectivity index is 4.37. The quantitative estimate of drug-likeness (QED) is 0.647. The maximum absolute atomic E-state index is 11.8. The van der Waals surface area contributed by atoms with Gasteiger partial charge in [-0.05, 0) is 26.3 Å². The molecule has 15 heavy (non-hydrogen) atoms. The van der Waals surface area contributed by atoms with E-state index in [1.807, 2.05) is 13.8 Å². The van der Waals surface area contributed by atoms with Crippen molar-refractivity contribution in [2.45, 2.75) is 44.9 Å². The molecule has 92 valence electrons. The average molecular weight is 237 g/mol.